The van der Waals surface area contributed by atoms with Crippen LogP contribution < -0.4 is 5.32 Å². The SMILES string of the molecule is CCCCCCOC(=O)c1ccc(Nc2ccnc3ccccc23)cc1. The maximum absolute atomic E-state index is 12.1. The Morgan fingerprint density at radius 1 is 1.00 bits per heavy atom. The second kappa shape index (κ2) is 8.99. The molecule has 0 fully saturated rings. The summed E-state index contributed by atoms with van der Waals surface area (Å²) in [4.78, 5) is 16.4. The van der Waals surface area contributed by atoms with Crippen LogP contribution in [0.5, 0.6) is 0 Å². The molecule has 0 saturated heterocycles. The van der Waals surface area contributed by atoms with Gasteiger partial charge in [0, 0.05) is 23.0 Å². The zero-order chi connectivity index (χ0) is 18.2. The number of hydrogen-bond donors (Lipinski definition) is 1. The number of pyridine rings is 1. The summed E-state index contributed by atoms with van der Waals surface area (Å²) in [5.41, 5.74) is 3.43. The minimum Gasteiger partial charge on any atom is -0.462 e. The monoisotopic (exact) mass is 348 g/mol. The Balaban J connectivity index is 1.61. The molecule has 134 valence electrons. The summed E-state index contributed by atoms with van der Waals surface area (Å²) in [6.45, 7) is 2.65. The highest BCUT2D eigenvalue weighted by Crippen LogP contribution is 2.25. The van der Waals surface area contributed by atoms with Crippen molar-refractivity contribution >= 4 is 28.2 Å². The highest BCUT2D eigenvalue weighted by atomic mass is 16.5. The van der Waals surface area contributed by atoms with Crippen LogP contribution in [0.1, 0.15) is 43.0 Å². The van der Waals surface area contributed by atoms with E-state index in [2.05, 4.69) is 17.2 Å². The van der Waals surface area contributed by atoms with E-state index in [1.54, 1.807) is 18.3 Å². The number of rotatable bonds is 8. The van der Waals surface area contributed by atoms with Crippen molar-refractivity contribution in [3.8, 4) is 0 Å². The fourth-order valence-electron chi connectivity index (χ4n) is 2.83. The fraction of sp³-hybridized carbons (Fsp3) is 0.273. The van der Waals surface area contributed by atoms with Gasteiger partial charge in [0.25, 0.3) is 0 Å². The van der Waals surface area contributed by atoms with Gasteiger partial charge >= 0.3 is 5.97 Å². The molecule has 0 aliphatic rings. The van der Waals surface area contributed by atoms with E-state index in [4.69, 9.17) is 4.74 Å². The Hall–Kier alpha value is -2.88. The Morgan fingerprint density at radius 3 is 2.62 bits per heavy atom. The summed E-state index contributed by atoms with van der Waals surface area (Å²) in [5.74, 6) is -0.262. The minimum absolute atomic E-state index is 0.262. The van der Waals surface area contributed by atoms with E-state index >= 15 is 0 Å². The van der Waals surface area contributed by atoms with Crippen LogP contribution in [0.25, 0.3) is 10.9 Å². The third kappa shape index (κ3) is 4.60. The smallest absolute Gasteiger partial charge is 0.338 e. The van der Waals surface area contributed by atoms with Crippen LogP contribution in [0.4, 0.5) is 11.4 Å². The fourth-order valence-corrected chi connectivity index (χ4v) is 2.83. The maximum atomic E-state index is 12.1. The van der Waals surface area contributed by atoms with Crippen molar-refractivity contribution in [3.05, 3.63) is 66.4 Å². The number of benzene rings is 2. The van der Waals surface area contributed by atoms with Gasteiger partial charge in [-0.3, -0.25) is 4.98 Å². The first-order valence-corrected chi connectivity index (χ1v) is 9.16. The van der Waals surface area contributed by atoms with Crippen LogP contribution in [0.15, 0.2) is 60.8 Å². The molecule has 3 rings (SSSR count). The van der Waals surface area contributed by atoms with Gasteiger partial charge in [-0.05, 0) is 42.8 Å². The van der Waals surface area contributed by atoms with Crippen molar-refractivity contribution in [2.24, 2.45) is 0 Å². The minimum atomic E-state index is -0.262. The zero-order valence-corrected chi connectivity index (χ0v) is 15.1. The molecule has 1 aromatic heterocycles. The topological polar surface area (TPSA) is 51.2 Å². The van der Waals surface area contributed by atoms with Gasteiger partial charge in [0.1, 0.15) is 0 Å². The molecular formula is C22H24N2O2. The molecule has 2 aromatic carbocycles. The molecule has 26 heavy (non-hydrogen) atoms. The standard InChI is InChI=1S/C22H24N2O2/c1-2-3-4-7-16-26-22(25)17-10-12-18(13-11-17)24-21-14-15-23-20-9-6-5-8-19(20)21/h5-6,8-15H,2-4,7,16H2,1H3,(H,23,24). The number of carbonyl (C=O) groups excluding carboxylic acids is 1. The van der Waals surface area contributed by atoms with Crippen molar-refractivity contribution in [1.82, 2.24) is 4.98 Å². The lowest BCUT2D eigenvalue weighted by atomic mass is 10.1. The number of unbranched alkanes of at least 4 members (excludes halogenated alkanes) is 3. The van der Waals surface area contributed by atoms with Gasteiger partial charge in [0.2, 0.25) is 0 Å². The molecule has 4 heteroatoms. The van der Waals surface area contributed by atoms with Crippen LogP contribution in [-0.2, 0) is 4.74 Å². The number of nitrogens with one attached hydrogen (secondary N) is 1. The largest absolute Gasteiger partial charge is 0.462 e. The van der Waals surface area contributed by atoms with Gasteiger partial charge in [-0.25, -0.2) is 4.79 Å². The number of anilines is 2. The van der Waals surface area contributed by atoms with Gasteiger partial charge < -0.3 is 10.1 Å². The van der Waals surface area contributed by atoms with Gasteiger partial charge in [0.15, 0.2) is 0 Å². The molecule has 1 N–H and O–H groups in total. The predicted octanol–water partition coefficient (Wildman–Crippen LogP) is 5.72. The number of carbonyl (C=O) groups is 1. The summed E-state index contributed by atoms with van der Waals surface area (Å²) in [7, 11) is 0. The predicted molar refractivity (Wildman–Crippen MR) is 106 cm³/mol. The average molecular weight is 348 g/mol. The number of fused-ring (bicyclic) bond motifs is 1. The van der Waals surface area contributed by atoms with Crippen molar-refractivity contribution in [2.45, 2.75) is 32.6 Å². The van der Waals surface area contributed by atoms with Crippen molar-refractivity contribution in [3.63, 3.8) is 0 Å². The van der Waals surface area contributed by atoms with Gasteiger partial charge in [-0.2, -0.15) is 0 Å². The lowest BCUT2D eigenvalue weighted by molar-refractivity contribution is 0.0498. The molecule has 0 spiro atoms. The Kier molecular flexibility index (Phi) is 6.20. The van der Waals surface area contributed by atoms with Gasteiger partial charge in [0.05, 0.1) is 17.7 Å². The van der Waals surface area contributed by atoms with Crippen LogP contribution in [-0.4, -0.2) is 17.6 Å². The van der Waals surface area contributed by atoms with Crippen molar-refractivity contribution in [2.75, 3.05) is 11.9 Å². The molecule has 0 radical (unpaired) electrons. The zero-order valence-electron chi connectivity index (χ0n) is 15.1. The number of esters is 1. The number of nitrogens with zero attached hydrogens (tertiary/aromatic N) is 1. The summed E-state index contributed by atoms with van der Waals surface area (Å²) >= 11 is 0. The third-order valence-electron chi connectivity index (χ3n) is 4.28. The molecule has 0 aliphatic carbocycles. The summed E-state index contributed by atoms with van der Waals surface area (Å²) in [5, 5.41) is 4.45. The van der Waals surface area contributed by atoms with Crippen LogP contribution >= 0.6 is 0 Å². The third-order valence-corrected chi connectivity index (χ3v) is 4.28. The summed E-state index contributed by atoms with van der Waals surface area (Å²) in [6.07, 6.45) is 6.17. The summed E-state index contributed by atoms with van der Waals surface area (Å²) in [6, 6.07) is 17.3. The molecule has 0 aliphatic heterocycles. The van der Waals surface area contributed by atoms with E-state index in [0.29, 0.717) is 12.2 Å². The average Bonchev–Trinajstić information content (AvgIpc) is 2.68. The quantitative estimate of drug-likeness (QED) is 0.418. The van der Waals surface area contributed by atoms with Crippen molar-refractivity contribution in [1.29, 1.82) is 0 Å². The lowest BCUT2D eigenvalue weighted by Gasteiger charge is -2.10. The van der Waals surface area contributed by atoms with E-state index in [1.165, 1.54) is 12.8 Å². The molecule has 3 aromatic rings. The van der Waals surface area contributed by atoms with E-state index < -0.39 is 0 Å². The van der Waals surface area contributed by atoms with Gasteiger partial charge in [-0.15, -0.1) is 0 Å². The molecule has 0 bridgehead atoms. The molecule has 0 atom stereocenters. The molecule has 4 nitrogen and oxygen atoms in total. The highest BCUT2D eigenvalue weighted by molar-refractivity contribution is 5.93. The summed E-state index contributed by atoms with van der Waals surface area (Å²) < 4.78 is 5.32. The second-order valence-corrected chi connectivity index (χ2v) is 6.27. The maximum Gasteiger partial charge on any atom is 0.338 e. The molecule has 0 amide bonds. The van der Waals surface area contributed by atoms with E-state index in [1.807, 2.05) is 42.5 Å². The number of ether oxygens (including phenoxy) is 1. The van der Waals surface area contributed by atoms with Crippen LogP contribution in [0.3, 0.4) is 0 Å². The van der Waals surface area contributed by atoms with Gasteiger partial charge in [-0.1, -0.05) is 44.4 Å². The highest BCUT2D eigenvalue weighted by Gasteiger charge is 2.07. The first-order chi connectivity index (χ1) is 12.8. The molecule has 1 heterocycles. The Morgan fingerprint density at radius 2 is 1.81 bits per heavy atom. The van der Waals surface area contributed by atoms with Crippen molar-refractivity contribution < 1.29 is 9.53 Å². The normalized spacial score (nSPS) is 10.7. The molecule has 0 saturated carbocycles. The number of aromatic nitrogens is 1. The van der Waals surface area contributed by atoms with Crippen LogP contribution in [0, 0.1) is 0 Å². The Bertz CT molecular complexity index is 854. The number of para-hydroxylation sites is 1. The van der Waals surface area contributed by atoms with E-state index in [9.17, 15) is 4.79 Å². The first-order valence-electron chi connectivity index (χ1n) is 9.16. The van der Waals surface area contributed by atoms with E-state index in [-0.39, 0.29) is 5.97 Å². The van der Waals surface area contributed by atoms with Crippen LogP contribution in [0.2, 0.25) is 0 Å². The number of hydrogen-bond acceptors (Lipinski definition) is 4. The lowest BCUT2D eigenvalue weighted by Crippen LogP contribution is -2.06. The molecular weight excluding hydrogens is 324 g/mol. The molecule has 0 unspecified atom stereocenters. The second-order valence-electron chi connectivity index (χ2n) is 6.27. The Labute approximate surface area is 154 Å². The van der Waals surface area contributed by atoms with E-state index in [0.717, 1.165) is 35.1 Å². The first kappa shape index (κ1) is 17.9.